The number of aryl methyl sites for hydroxylation is 3. The first-order chi connectivity index (χ1) is 17.5. The number of pyridine rings is 1. The molecule has 2 aliphatic heterocycles. The normalized spacial score (nSPS) is 18.5. The summed E-state index contributed by atoms with van der Waals surface area (Å²) in [5.41, 5.74) is 3.37. The van der Waals surface area contributed by atoms with Crippen molar-refractivity contribution in [2.45, 2.75) is 71.7 Å². The largest absolute Gasteiger partial charge is 0.400 e. The number of aliphatic hydroxyl groups is 1. The fourth-order valence-corrected chi connectivity index (χ4v) is 4.92. The summed E-state index contributed by atoms with van der Waals surface area (Å²) in [4.78, 5) is 30.0. The summed E-state index contributed by atoms with van der Waals surface area (Å²) in [6.45, 7) is 3.85. The van der Waals surface area contributed by atoms with Crippen LogP contribution in [-0.2, 0) is 35.5 Å². The third-order valence-corrected chi connectivity index (χ3v) is 6.88. The summed E-state index contributed by atoms with van der Waals surface area (Å²) in [6, 6.07) is 8.96. The average Bonchev–Trinajstić information content (AvgIpc) is 3.54. The van der Waals surface area contributed by atoms with Crippen molar-refractivity contribution in [3.05, 3.63) is 58.3 Å². The van der Waals surface area contributed by atoms with Gasteiger partial charge in [-0.15, -0.1) is 0 Å². The van der Waals surface area contributed by atoms with Crippen LogP contribution in [0.2, 0.25) is 0 Å². The molecule has 1 fully saturated rings. The van der Waals surface area contributed by atoms with Crippen molar-refractivity contribution in [3.63, 3.8) is 0 Å². The molecule has 0 spiro atoms. The molecule has 3 aromatic rings. The van der Waals surface area contributed by atoms with Gasteiger partial charge < -0.3 is 24.3 Å². The quantitative estimate of drug-likeness (QED) is 0.442. The first kappa shape index (κ1) is 28.4. The molecule has 0 radical (unpaired) electrons. The molecule has 1 aromatic carbocycles. The molecule has 2 aromatic heterocycles. The molecule has 0 saturated carbocycles. The Morgan fingerprint density at radius 1 is 1.24 bits per heavy atom. The Kier molecular flexibility index (Phi) is 9.85. The van der Waals surface area contributed by atoms with Crippen LogP contribution in [0.3, 0.4) is 0 Å². The molecule has 1 amide bonds. The number of aliphatic hydroxyl groups excluding tert-OH is 1. The summed E-state index contributed by atoms with van der Waals surface area (Å²) in [5, 5.41) is 21.9. The number of ether oxygens (including phenoxy) is 1. The Bertz CT molecular complexity index is 1250. The van der Waals surface area contributed by atoms with E-state index in [1.165, 1.54) is 11.1 Å². The lowest BCUT2D eigenvalue weighted by molar-refractivity contribution is -0.122. The van der Waals surface area contributed by atoms with Gasteiger partial charge in [0, 0.05) is 52.5 Å². The third-order valence-electron chi connectivity index (χ3n) is 6.88. The van der Waals surface area contributed by atoms with E-state index in [4.69, 9.17) is 14.8 Å². The zero-order valence-electron chi connectivity index (χ0n) is 20.9. The van der Waals surface area contributed by atoms with Crippen molar-refractivity contribution in [1.82, 2.24) is 19.4 Å². The highest BCUT2D eigenvalue weighted by atomic mass is 16.5. The van der Waals surface area contributed by atoms with Gasteiger partial charge in [-0.3, -0.25) is 19.9 Å². The molecule has 204 valence electrons. The Balaban J connectivity index is 0.00000124. The number of rotatable bonds is 7. The molecule has 37 heavy (non-hydrogen) atoms. The fraction of sp³-hybridized carbons (Fsp3) is 0.519. The first-order valence-electron chi connectivity index (χ1n) is 12.5. The number of nitrogens with one attached hydrogen (secondary N) is 1. The molecule has 0 aliphatic carbocycles. The maximum atomic E-state index is 12.9. The van der Waals surface area contributed by atoms with Crippen LogP contribution in [0.15, 0.2) is 41.3 Å². The van der Waals surface area contributed by atoms with Gasteiger partial charge in [-0.2, -0.15) is 0 Å². The van der Waals surface area contributed by atoms with Crippen molar-refractivity contribution in [1.29, 1.82) is 0 Å². The van der Waals surface area contributed by atoms with Gasteiger partial charge in [0.25, 0.3) is 5.56 Å². The number of hydrogen-bond donors (Lipinski definition) is 3. The summed E-state index contributed by atoms with van der Waals surface area (Å²) in [7, 11) is 1.00. The maximum Gasteiger partial charge on any atom is 0.250 e. The van der Waals surface area contributed by atoms with Crippen molar-refractivity contribution in [3.8, 4) is 0 Å². The molecule has 1 saturated heterocycles. The first-order valence-corrected chi connectivity index (χ1v) is 12.5. The van der Waals surface area contributed by atoms with E-state index in [1.54, 1.807) is 16.8 Å². The number of anilines is 1. The van der Waals surface area contributed by atoms with Crippen molar-refractivity contribution in [2.75, 3.05) is 25.3 Å². The second-order valence-corrected chi connectivity index (χ2v) is 9.20. The second kappa shape index (κ2) is 12.8. The van der Waals surface area contributed by atoms with Gasteiger partial charge in [-0.1, -0.05) is 13.5 Å². The van der Waals surface area contributed by atoms with Gasteiger partial charge in [0.05, 0.1) is 28.9 Å². The topological polar surface area (TPSA) is 122 Å². The lowest BCUT2D eigenvalue weighted by atomic mass is 9.97. The van der Waals surface area contributed by atoms with E-state index >= 15 is 0 Å². The van der Waals surface area contributed by atoms with E-state index in [2.05, 4.69) is 5.32 Å². The Hall–Kier alpha value is -3.21. The van der Waals surface area contributed by atoms with Crippen LogP contribution in [-0.4, -0.2) is 62.7 Å². The van der Waals surface area contributed by atoms with Crippen LogP contribution >= 0.6 is 0 Å². The zero-order chi connectivity index (χ0) is 25.7. The lowest BCUT2D eigenvalue weighted by Gasteiger charge is -2.31. The number of carbonyl (C=O) groups excluding carboxylic acids is 1. The van der Waals surface area contributed by atoms with E-state index < -0.39 is 0 Å². The molecule has 2 atom stereocenters. The summed E-state index contributed by atoms with van der Waals surface area (Å²) < 4.78 is 9.20. The average molecular weight is 516 g/mol. The predicted octanol–water partition coefficient (Wildman–Crippen LogP) is 2.76. The minimum absolute atomic E-state index is 0. The number of nitrogens with zero attached hydrogens (tertiary/aromatic N) is 4. The highest BCUT2D eigenvalue weighted by Crippen LogP contribution is 2.35. The maximum absolute atomic E-state index is 12.9. The number of hydrogen-bond acceptors (Lipinski definition) is 7. The van der Waals surface area contributed by atoms with Crippen LogP contribution in [0.1, 0.15) is 46.4 Å². The number of hydroxylamine groups is 1. The highest BCUT2D eigenvalue weighted by Gasteiger charge is 2.26. The molecule has 10 heteroatoms. The standard InChI is InChI=1S/C25H31N5O4.CH4O.CH4.H2/c1-17-7-8-19-20(30(17)33)9-10-21-25(19)27-22(11-13-28-12-3-2-6-24(28)32)29(21)16-23(31)26-15-18-5-4-14-34-18;1-2;;/h2-3,6,9-10,12,17-18,33H,4-5,7-8,11,13-16H2,1H3,(H,26,31);2H,1H3;1H4;1H/t17-,18+;;;/m0.../s1. The van der Waals surface area contributed by atoms with E-state index in [1.807, 2.05) is 29.7 Å². The molecule has 5 rings (SSSR count). The molecule has 3 N–H and O–H groups in total. The van der Waals surface area contributed by atoms with Crippen LogP contribution < -0.4 is 15.9 Å². The van der Waals surface area contributed by atoms with Crippen molar-refractivity contribution in [2.24, 2.45) is 0 Å². The smallest absolute Gasteiger partial charge is 0.250 e. The third kappa shape index (κ3) is 6.20. The fourth-order valence-electron chi connectivity index (χ4n) is 4.92. The summed E-state index contributed by atoms with van der Waals surface area (Å²) in [6.07, 6.45) is 5.98. The zero-order valence-corrected chi connectivity index (χ0v) is 20.9. The molecule has 10 nitrogen and oxygen atoms in total. The van der Waals surface area contributed by atoms with Gasteiger partial charge in [0.1, 0.15) is 12.4 Å². The Morgan fingerprint density at radius 2 is 2.05 bits per heavy atom. The Morgan fingerprint density at radius 3 is 2.78 bits per heavy atom. The van der Waals surface area contributed by atoms with Gasteiger partial charge in [0.15, 0.2) is 0 Å². The number of benzene rings is 1. The van der Waals surface area contributed by atoms with Gasteiger partial charge in [-0.25, -0.2) is 4.98 Å². The van der Waals surface area contributed by atoms with Crippen LogP contribution in [0.4, 0.5) is 5.69 Å². The molecule has 0 unspecified atom stereocenters. The second-order valence-electron chi connectivity index (χ2n) is 9.20. The minimum atomic E-state index is -0.0944. The monoisotopic (exact) mass is 515 g/mol. The van der Waals surface area contributed by atoms with Gasteiger partial charge >= 0.3 is 0 Å². The van der Waals surface area contributed by atoms with Gasteiger partial charge in [0.2, 0.25) is 5.91 Å². The molecular weight excluding hydrogens is 474 g/mol. The van der Waals surface area contributed by atoms with E-state index in [-0.39, 0.29) is 39.0 Å². The van der Waals surface area contributed by atoms with E-state index in [0.29, 0.717) is 19.5 Å². The summed E-state index contributed by atoms with van der Waals surface area (Å²) in [5.74, 6) is 0.651. The number of imidazole rings is 1. The molecular formula is C27H41N5O5. The van der Waals surface area contributed by atoms with Crippen LogP contribution in [0.5, 0.6) is 0 Å². The number of fused-ring (bicyclic) bond motifs is 3. The number of aromatic nitrogens is 3. The van der Waals surface area contributed by atoms with Crippen LogP contribution in [0.25, 0.3) is 11.0 Å². The predicted molar refractivity (Wildman–Crippen MR) is 145 cm³/mol. The van der Waals surface area contributed by atoms with E-state index in [0.717, 1.165) is 67.5 Å². The van der Waals surface area contributed by atoms with E-state index in [9.17, 15) is 14.8 Å². The molecule has 2 aliphatic rings. The van der Waals surface area contributed by atoms with Crippen molar-refractivity contribution >= 4 is 22.6 Å². The molecule has 4 heterocycles. The van der Waals surface area contributed by atoms with Crippen LogP contribution in [0, 0.1) is 0 Å². The number of carbonyl (C=O) groups is 1. The summed E-state index contributed by atoms with van der Waals surface area (Å²) >= 11 is 0. The minimum Gasteiger partial charge on any atom is -0.400 e. The van der Waals surface area contributed by atoms with Crippen molar-refractivity contribution < 1.29 is 21.3 Å². The highest BCUT2D eigenvalue weighted by molar-refractivity contribution is 5.87. The van der Waals surface area contributed by atoms with Gasteiger partial charge in [-0.05, 0) is 50.8 Å². The SMILES string of the molecule is C.CO.C[C@H]1CCc2c(ccc3c2nc(CCn2ccccc2=O)n3CC(=O)NC[C@H]2CCCO2)N1O.[HH]. The lowest BCUT2D eigenvalue weighted by Crippen LogP contribution is -2.34. The number of amides is 1. The molecule has 0 bridgehead atoms. The Labute approximate surface area is 218 Å².